The zero-order chi connectivity index (χ0) is 11.7. The second-order valence-electron chi connectivity index (χ2n) is 5.18. The standard InChI is InChI=1S/C14H20N3/c1-16-9-5-13-12(10-16)4-6-15-14(13)11-17-7-2-3-8-17/h4,6H,1-3,5,7-11H2/q-1. The molecule has 2 aliphatic heterocycles. The van der Waals surface area contributed by atoms with E-state index in [1.165, 1.54) is 42.8 Å². The highest BCUT2D eigenvalue weighted by Gasteiger charge is 2.18. The van der Waals surface area contributed by atoms with Crippen molar-refractivity contribution in [1.29, 1.82) is 0 Å². The molecular weight excluding hydrogens is 210 g/mol. The first-order valence-electron chi connectivity index (χ1n) is 6.56. The first-order chi connectivity index (χ1) is 8.33. The smallest absolute Gasteiger partial charge is 0.0579 e. The van der Waals surface area contributed by atoms with E-state index in [9.17, 15) is 0 Å². The second kappa shape index (κ2) is 4.75. The molecule has 92 valence electrons. The topological polar surface area (TPSA) is 19.4 Å². The van der Waals surface area contributed by atoms with Crippen molar-refractivity contribution in [2.45, 2.75) is 32.4 Å². The lowest BCUT2D eigenvalue weighted by Gasteiger charge is -2.32. The van der Waals surface area contributed by atoms with Gasteiger partial charge in [0, 0.05) is 12.7 Å². The number of pyridine rings is 1. The fourth-order valence-corrected chi connectivity index (χ4v) is 2.91. The highest BCUT2D eigenvalue weighted by atomic mass is 15.1. The van der Waals surface area contributed by atoms with Gasteiger partial charge in [0.25, 0.3) is 0 Å². The number of fused-ring (bicyclic) bond motifs is 1. The SMILES string of the molecule is [CH2-]N1CCc2c(ccnc2CN2CCCC2)C1. The van der Waals surface area contributed by atoms with E-state index in [4.69, 9.17) is 0 Å². The summed E-state index contributed by atoms with van der Waals surface area (Å²) < 4.78 is 0. The van der Waals surface area contributed by atoms with Crippen molar-refractivity contribution in [2.24, 2.45) is 0 Å². The van der Waals surface area contributed by atoms with Crippen molar-refractivity contribution in [2.75, 3.05) is 19.6 Å². The molecular formula is C14H20N3-. The van der Waals surface area contributed by atoms with E-state index in [0.717, 1.165) is 26.1 Å². The molecule has 0 aliphatic carbocycles. The van der Waals surface area contributed by atoms with Crippen LogP contribution in [0.5, 0.6) is 0 Å². The van der Waals surface area contributed by atoms with Crippen LogP contribution in [0.1, 0.15) is 29.7 Å². The minimum atomic E-state index is 0.977. The third-order valence-corrected chi connectivity index (χ3v) is 3.89. The van der Waals surface area contributed by atoms with Crippen LogP contribution in [0.25, 0.3) is 0 Å². The van der Waals surface area contributed by atoms with Crippen molar-refractivity contribution < 1.29 is 0 Å². The Bertz CT molecular complexity index is 396. The van der Waals surface area contributed by atoms with E-state index < -0.39 is 0 Å². The van der Waals surface area contributed by atoms with Crippen LogP contribution >= 0.6 is 0 Å². The Morgan fingerprint density at radius 1 is 1.24 bits per heavy atom. The molecule has 0 amide bonds. The van der Waals surface area contributed by atoms with E-state index in [2.05, 4.69) is 27.9 Å². The summed E-state index contributed by atoms with van der Waals surface area (Å²) in [6.07, 6.45) is 5.77. The Kier molecular flexibility index (Phi) is 3.12. The molecule has 3 heterocycles. The molecule has 17 heavy (non-hydrogen) atoms. The van der Waals surface area contributed by atoms with Crippen molar-refractivity contribution >= 4 is 0 Å². The minimum Gasteiger partial charge on any atom is -0.455 e. The highest BCUT2D eigenvalue weighted by Crippen LogP contribution is 2.22. The molecule has 1 fully saturated rings. The van der Waals surface area contributed by atoms with Crippen LogP contribution in [-0.2, 0) is 19.5 Å². The fraction of sp³-hybridized carbons (Fsp3) is 0.571. The normalized spacial score (nSPS) is 21.7. The first kappa shape index (κ1) is 11.2. The maximum atomic E-state index is 4.60. The summed E-state index contributed by atoms with van der Waals surface area (Å²) in [6.45, 7) is 5.57. The van der Waals surface area contributed by atoms with Gasteiger partial charge in [0.15, 0.2) is 0 Å². The van der Waals surface area contributed by atoms with Gasteiger partial charge in [-0.25, -0.2) is 0 Å². The fourth-order valence-electron chi connectivity index (χ4n) is 2.91. The molecule has 0 radical (unpaired) electrons. The number of likely N-dealkylation sites (tertiary alicyclic amines) is 1. The first-order valence-corrected chi connectivity index (χ1v) is 6.56. The third-order valence-electron chi connectivity index (χ3n) is 3.89. The van der Waals surface area contributed by atoms with Crippen LogP contribution in [-0.4, -0.2) is 34.4 Å². The Hall–Kier alpha value is -0.930. The average molecular weight is 230 g/mol. The Morgan fingerprint density at radius 3 is 2.88 bits per heavy atom. The van der Waals surface area contributed by atoms with Crippen molar-refractivity contribution in [3.63, 3.8) is 0 Å². The van der Waals surface area contributed by atoms with E-state index in [0.29, 0.717) is 0 Å². The molecule has 3 heteroatoms. The van der Waals surface area contributed by atoms with Gasteiger partial charge in [-0.15, -0.1) is 0 Å². The quantitative estimate of drug-likeness (QED) is 0.723. The summed E-state index contributed by atoms with van der Waals surface area (Å²) >= 11 is 0. The lowest BCUT2D eigenvalue weighted by molar-refractivity contribution is 0.317. The van der Waals surface area contributed by atoms with Crippen LogP contribution in [0.2, 0.25) is 0 Å². The predicted octanol–water partition coefficient (Wildman–Crippen LogP) is 1.83. The predicted molar refractivity (Wildman–Crippen MR) is 68.2 cm³/mol. The number of hydrogen-bond acceptors (Lipinski definition) is 3. The van der Waals surface area contributed by atoms with Gasteiger partial charge in [-0.1, -0.05) is 0 Å². The molecule has 3 nitrogen and oxygen atoms in total. The van der Waals surface area contributed by atoms with Crippen LogP contribution in [0.4, 0.5) is 0 Å². The Balaban J connectivity index is 1.82. The zero-order valence-corrected chi connectivity index (χ0v) is 10.4. The number of aromatic nitrogens is 1. The number of hydrogen-bond donors (Lipinski definition) is 0. The minimum absolute atomic E-state index is 0.977. The van der Waals surface area contributed by atoms with E-state index in [1.54, 1.807) is 0 Å². The molecule has 0 spiro atoms. The van der Waals surface area contributed by atoms with Gasteiger partial charge in [-0.3, -0.25) is 16.9 Å². The maximum absolute atomic E-state index is 4.60. The lowest BCUT2D eigenvalue weighted by atomic mass is 9.99. The van der Waals surface area contributed by atoms with Crippen molar-refractivity contribution in [1.82, 2.24) is 14.8 Å². The van der Waals surface area contributed by atoms with Gasteiger partial charge in [-0.2, -0.15) is 0 Å². The third kappa shape index (κ3) is 2.35. The second-order valence-corrected chi connectivity index (χ2v) is 5.18. The molecule has 0 atom stereocenters. The molecule has 1 aromatic rings. The maximum Gasteiger partial charge on any atom is 0.0579 e. The zero-order valence-electron chi connectivity index (χ0n) is 10.4. The highest BCUT2D eigenvalue weighted by molar-refractivity contribution is 5.32. The van der Waals surface area contributed by atoms with Gasteiger partial charge in [0.05, 0.1) is 5.69 Å². The summed E-state index contributed by atoms with van der Waals surface area (Å²) in [5, 5.41) is 0. The molecule has 0 aromatic carbocycles. The molecule has 0 bridgehead atoms. The average Bonchev–Trinajstić information content (AvgIpc) is 2.82. The van der Waals surface area contributed by atoms with E-state index >= 15 is 0 Å². The van der Waals surface area contributed by atoms with Gasteiger partial charge in [-0.05, 0) is 62.6 Å². The van der Waals surface area contributed by atoms with Gasteiger partial charge in [0.2, 0.25) is 0 Å². The van der Waals surface area contributed by atoms with Gasteiger partial charge >= 0.3 is 0 Å². The molecule has 0 saturated carbocycles. The largest absolute Gasteiger partial charge is 0.455 e. The van der Waals surface area contributed by atoms with E-state index in [1.807, 2.05) is 6.20 Å². The summed E-state index contributed by atoms with van der Waals surface area (Å²) in [5.41, 5.74) is 4.22. The van der Waals surface area contributed by atoms with Crippen molar-refractivity contribution in [3.05, 3.63) is 36.1 Å². The monoisotopic (exact) mass is 230 g/mol. The molecule has 0 unspecified atom stereocenters. The molecule has 2 aliphatic rings. The van der Waals surface area contributed by atoms with Gasteiger partial charge in [0.1, 0.15) is 0 Å². The van der Waals surface area contributed by atoms with E-state index in [-0.39, 0.29) is 0 Å². The number of nitrogens with zero attached hydrogens (tertiary/aromatic N) is 3. The molecule has 1 saturated heterocycles. The Labute approximate surface area is 103 Å². The van der Waals surface area contributed by atoms with Crippen LogP contribution in [0.15, 0.2) is 12.3 Å². The summed E-state index contributed by atoms with van der Waals surface area (Å²) in [5.74, 6) is 0. The molecule has 0 N–H and O–H groups in total. The summed E-state index contributed by atoms with van der Waals surface area (Å²) in [7, 11) is 4.03. The van der Waals surface area contributed by atoms with Crippen LogP contribution in [0, 0.1) is 7.05 Å². The summed E-state index contributed by atoms with van der Waals surface area (Å²) in [4.78, 5) is 9.27. The molecule has 3 rings (SSSR count). The lowest BCUT2D eigenvalue weighted by Crippen LogP contribution is -2.28. The van der Waals surface area contributed by atoms with Crippen LogP contribution in [0.3, 0.4) is 0 Å². The summed E-state index contributed by atoms with van der Waals surface area (Å²) in [6, 6.07) is 2.15. The Morgan fingerprint density at radius 2 is 2.06 bits per heavy atom. The van der Waals surface area contributed by atoms with Gasteiger partial charge < -0.3 is 4.90 Å². The van der Waals surface area contributed by atoms with Crippen LogP contribution < -0.4 is 0 Å². The van der Waals surface area contributed by atoms with Crippen molar-refractivity contribution in [3.8, 4) is 0 Å². The molecule has 1 aromatic heterocycles. The number of rotatable bonds is 2.